The number of fused-ring (bicyclic) bond motifs is 1. The Kier molecular flexibility index (Phi) is 19.0. The Bertz CT molecular complexity index is 3580. The Balaban J connectivity index is 1.04. The number of carbonyl (C=O) groups is 1. The summed E-state index contributed by atoms with van der Waals surface area (Å²) in [6, 6.07) is 44.3. The number of imidazole rings is 1. The van der Waals surface area contributed by atoms with Crippen molar-refractivity contribution in [3.8, 4) is 11.5 Å². The molecule has 5 heterocycles. The van der Waals surface area contributed by atoms with Crippen LogP contribution in [-0.2, 0) is 37.8 Å². The Morgan fingerprint density at radius 3 is 1.94 bits per heavy atom. The number of methoxy groups -OCH3 is 2. The van der Waals surface area contributed by atoms with Crippen molar-refractivity contribution in [1.82, 2.24) is 34.4 Å². The number of aryl methyl sites for hydroxylation is 1. The van der Waals surface area contributed by atoms with Crippen LogP contribution in [0.1, 0.15) is 90.3 Å². The lowest BCUT2D eigenvalue weighted by Crippen LogP contribution is -2.46. The van der Waals surface area contributed by atoms with E-state index in [9.17, 15) is 14.4 Å². The molecule has 0 saturated carbocycles. The van der Waals surface area contributed by atoms with Gasteiger partial charge in [-0.3, -0.25) is 23.7 Å². The fourth-order valence-electron chi connectivity index (χ4n) is 10.3. The maximum atomic E-state index is 13.5. The van der Waals surface area contributed by atoms with Crippen molar-refractivity contribution in [2.24, 2.45) is 0 Å². The van der Waals surface area contributed by atoms with Crippen LogP contribution >= 0.6 is 8.60 Å². The Labute approximate surface area is 496 Å². The molecule has 0 spiro atoms. The molecule has 0 aliphatic carbocycles. The first-order valence-electron chi connectivity index (χ1n) is 28.3. The normalized spacial score (nSPS) is 19.9. The molecule has 1 unspecified atom stereocenters. The zero-order valence-corrected chi connectivity index (χ0v) is 51.1. The van der Waals surface area contributed by atoms with E-state index in [0.29, 0.717) is 46.8 Å². The topological polar surface area (TPSA) is 223 Å². The van der Waals surface area contributed by atoms with Crippen LogP contribution in [0.15, 0.2) is 168 Å². The van der Waals surface area contributed by atoms with E-state index < -0.39 is 76.7 Å². The van der Waals surface area contributed by atoms with Crippen molar-refractivity contribution < 1.29 is 46.5 Å². The van der Waals surface area contributed by atoms with Gasteiger partial charge in [0.15, 0.2) is 25.3 Å². The highest BCUT2D eigenvalue weighted by atomic mass is 31.2. The lowest BCUT2D eigenvalue weighted by atomic mass is 9.80. The van der Waals surface area contributed by atoms with E-state index in [2.05, 4.69) is 59.5 Å². The number of benzene rings is 5. The van der Waals surface area contributed by atoms with Crippen molar-refractivity contribution in [2.75, 3.05) is 46.3 Å². The van der Waals surface area contributed by atoms with Crippen LogP contribution in [-0.4, -0.2) is 109 Å². The zero-order valence-electron chi connectivity index (χ0n) is 49.2. The van der Waals surface area contributed by atoms with Gasteiger partial charge in [0.1, 0.15) is 54.2 Å². The number of nitrogens with zero attached hydrogens (tertiary/aromatic N) is 5. The number of rotatable bonds is 24. The van der Waals surface area contributed by atoms with Gasteiger partial charge in [0.25, 0.3) is 11.5 Å². The number of aromatic amines is 1. The summed E-state index contributed by atoms with van der Waals surface area (Å²) in [7, 11) is 0.323. The molecule has 2 aliphatic rings. The Morgan fingerprint density at radius 2 is 1.33 bits per heavy atom. The van der Waals surface area contributed by atoms with Crippen molar-refractivity contribution >= 4 is 39.8 Å². The van der Waals surface area contributed by atoms with E-state index in [4.69, 9.17) is 46.7 Å². The summed E-state index contributed by atoms with van der Waals surface area (Å²) >= 11 is 0. The highest BCUT2D eigenvalue weighted by molar-refractivity contribution is 7.41. The highest BCUT2D eigenvalue weighted by Crippen LogP contribution is 2.51. The molecule has 1 amide bonds. The summed E-state index contributed by atoms with van der Waals surface area (Å²) in [5.41, 5.74) is 2.63. The standard InChI is InChI=1S/C63H73N8O12PSi/c1-41-36-70(61(74)69-59(41)72)54-34-50(83-85(8,9)62(2,3)4)53(80-54)38-78-84(82-51(35-64-5)42-19-13-10-14-20-42)81-49-33-55(71-40-67-56-57(65-39-66-58(56)71)68-60(73)43-21-15-11-16-22-43)79-52(49)37-77-63(44-23-17-12-18-24-44,45-25-29-47(75-6)30-26-45)46-27-31-48(76-7)32-28-46/h10-32,36,39-40,49-55,64H,33-35,37-38H2,1-9H3,(H,69,72,74)(H,65,66,68,73)/t49-,50-,51+,52+,53+,54+,55+,84?/m0/s1. The number of anilines is 1. The maximum absolute atomic E-state index is 13.5. The van der Waals surface area contributed by atoms with Gasteiger partial charge in [-0.15, -0.1) is 0 Å². The number of likely N-dealkylation sites (N-methyl/N-ethyl adjacent to an activating group) is 1. The number of nitrogens with one attached hydrogen (secondary N) is 3. The number of H-pyrrole nitrogens is 1. The van der Waals surface area contributed by atoms with Crippen molar-refractivity contribution in [2.45, 2.75) is 107 Å². The van der Waals surface area contributed by atoms with Gasteiger partial charge in [0.05, 0.1) is 46.0 Å². The molecule has 8 aromatic rings. The minimum atomic E-state index is -2.47. The molecule has 2 saturated heterocycles. The molecule has 8 atom stereocenters. The van der Waals surface area contributed by atoms with E-state index in [1.165, 1.54) is 17.1 Å². The molecule has 0 bridgehead atoms. The zero-order chi connectivity index (χ0) is 59.9. The lowest BCUT2D eigenvalue weighted by Gasteiger charge is -2.39. The molecule has 2 fully saturated rings. The van der Waals surface area contributed by atoms with E-state index in [-0.39, 0.29) is 36.4 Å². The first-order valence-corrected chi connectivity index (χ1v) is 32.3. The van der Waals surface area contributed by atoms with Crippen molar-refractivity contribution in [1.29, 1.82) is 0 Å². The van der Waals surface area contributed by atoms with Crippen LogP contribution < -0.4 is 31.4 Å². The summed E-state index contributed by atoms with van der Waals surface area (Å²) in [5.74, 6) is 1.22. The van der Waals surface area contributed by atoms with Gasteiger partial charge < -0.3 is 52.3 Å². The smallest absolute Gasteiger partial charge is 0.333 e. The van der Waals surface area contributed by atoms with Gasteiger partial charge in [-0.1, -0.05) is 124 Å². The van der Waals surface area contributed by atoms with E-state index in [0.717, 1.165) is 22.3 Å². The quantitative estimate of drug-likeness (QED) is 0.0291. The van der Waals surface area contributed by atoms with E-state index in [1.807, 2.05) is 122 Å². The molecule has 3 N–H and O–H groups in total. The third-order valence-electron chi connectivity index (χ3n) is 16.0. The molecular formula is C63H73N8O12PSi. The largest absolute Gasteiger partial charge is 0.497 e. The first-order chi connectivity index (χ1) is 41.0. The average molecular weight is 1190 g/mol. The van der Waals surface area contributed by atoms with Crippen molar-refractivity contribution in [3.05, 3.63) is 213 Å². The molecule has 85 heavy (non-hydrogen) atoms. The molecular weight excluding hydrogens is 1120 g/mol. The Morgan fingerprint density at radius 1 is 0.753 bits per heavy atom. The fraction of sp³-hybridized carbons (Fsp3) is 0.365. The number of carbonyl (C=O) groups excluding carboxylic acids is 1. The van der Waals surface area contributed by atoms with Gasteiger partial charge in [-0.05, 0) is 90.8 Å². The monoisotopic (exact) mass is 1190 g/mol. The summed E-state index contributed by atoms with van der Waals surface area (Å²) < 4.78 is 64.4. The second-order valence-electron chi connectivity index (χ2n) is 22.5. The minimum absolute atomic E-state index is 0.0426. The number of amides is 1. The predicted molar refractivity (Wildman–Crippen MR) is 325 cm³/mol. The number of hydrogen-bond donors (Lipinski definition) is 3. The molecule has 22 heteroatoms. The third kappa shape index (κ3) is 13.6. The third-order valence-corrected chi connectivity index (χ3v) is 21.7. The van der Waals surface area contributed by atoms with Gasteiger partial charge in [0.2, 0.25) is 0 Å². The summed E-state index contributed by atoms with van der Waals surface area (Å²) in [6.07, 6.45) is 0.0873. The van der Waals surface area contributed by atoms with Crippen LogP contribution in [0.4, 0.5) is 5.82 Å². The van der Waals surface area contributed by atoms with Crippen molar-refractivity contribution in [3.63, 3.8) is 0 Å². The predicted octanol–water partition coefficient (Wildman–Crippen LogP) is 10.5. The second kappa shape index (κ2) is 26.6. The molecule has 2 aliphatic heterocycles. The highest BCUT2D eigenvalue weighted by Gasteiger charge is 2.48. The van der Waals surface area contributed by atoms with Crippen LogP contribution in [0, 0.1) is 6.92 Å². The van der Waals surface area contributed by atoms with E-state index >= 15 is 0 Å². The number of ether oxygens (including phenoxy) is 5. The van der Waals surface area contributed by atoms with Crippen LogP contribution in [0.5, 0.6) is 11.5 Å². The second-order valence-corrected chi connectivity index (χ2v) is 28.4. The number of aromatic nitrogens is 6. The molecule has 0 radical (unpaired) electrons. The van der Waals surface area contributed by atoms with E-state index in [1.54, 1.807) is 56.3 Å². The van der Waals surface area contributed by atoms with Crippen LogP contribution in [0.3, 0.4) is 0 Å². The summed E-state index contributed by atoms with van der Waals surface area (Å²) in [4.78, 5) is 55.7. The number of hydrogen-bond acceptors (Lipinski definition) is 16. The lowest BCUT2D eigenvalue weighted by molar-refractivity contribution is -0.0932. The minimum Gasteiger partial charge on any atom is -0.497 e. The average Bonchev–Trinajstić information content (AvgIpc) is 2.92. The molecule has 446 valence electrons. The maximum Gasteiger partial charge on any atom is 0.333 e. The first kappa shape index (κ1) is 60.8. The molecule has 20 nitrogen and oxygen atoms in total. The van der Waals surface area contributed by atoms with Crippen LogP contribution in [0.2, 0.25) is 18.1 Å². The fourth-order valence-corrected chi connectivity index (χ4v) is 13.0. The SMILES string of the molecule is CNC[C@@H](OP(OC[C@H]1O[C@@H](n2cc(C)c(=O)[nH]c2=O)C[C@@H]1O[Si](C)(C)C(C)(C)C)O[C@H]1C[C@H](n2cnc3c(NC(=O)c4ccccc4)ncnc32)O[C@@H]1COC(c1ccccc1)(c1ccc(OC)cc1)c1ccc(OC)cc1)c1ccccc1. The summed E-state index contributed by atoms with van der Waals surface area (Å²) in [6.45, 7) is 12.8. The van der Waals surface area contributed by atoms with Gasteiger partial charge >= 0.3 is 14.3 Å². The van der Waals surface area contributed by atoms with Gasteiger partial charge in [0, 0.05) is 36.7 Å². The van der Waals surface area contributed by atoms with Crippen LogP contribution in [0.25, 0.3) is 11.2 Å². The van der Waals surface area contributed by atoms with Gasteiger partial charge in [-0.25, -0.2) is 19.7 Å². The molecule has 10 rings (SSSR count). The molecule has 3 aromatic heterocycles. The Hall–Kier alpha value is -7.27. The molecule has 5 aromatic carbocycles. The summed E-state index contributed by atoms with van der Waals surface area (Å²) in [5, 5.41) is 6.04. The van der Waals surface area contributed by atoms with Gasteiger partial charge in [-0.2, -0.15) is 0 Å².